The van der Waals surface area contributed by atoms with Crippen molar-refractivity contribution in [3.8, 4) is 0 Å². The molecule has 0 bridgehead atoms. The molecule has 0 aliphatic carbocycles. The maximum absolute atomic E-state index is 6.31. The third-order valence-electron chi connectivity index (χ3n) is 3.47. The van der Waals surface area contributed by atoms with Crippen LogP contribution in [0.4, 0.5) is 0 Å². The lowest BCUT2D eigenvalue weighted by Crippen LogP contribution is -2.18. The summed E-state index contributed by atoms with van der Waals surface area (Å²) in [6.45, 7) is 0. The monoisotopic (exact) mass is 282 g/mol. The Hall–Kier alpha value is -1.90. The fraction of sp³-hybridized carbons (Fsp3) is 0.118. The first kappa shape index (κ1) is 13.1. The summed E-state index contributed by atoms with van der Waals surface area (Å²) in [7, 11) is 1.95. The van der Waals surface area contributed by atoms with E-state index in [9.17, 15) is 0 Å². The fourth-order valence-electron chi connectivity index (χ4n) is 2.48. The fourth-order valence-corrected chi connectivity index (χ4v) is 2.73. The van der Waals surface area contributed by atoms with E-state index in [2.05, 4.69) is 34.6 Å². The highest BCUT2D eigenvalue weighted by Gasteiger charge is 2.15. The molecule has 0 spiro atoms. The topological polar surface area (TPSA) is 24.9 Å². The van der Waals surface area contributed by atoms with Gasteiger partial charge in [-0.25, -0.2) is 0 Å². The number of nitrogens with one attached hydrogen (secondary N) is 1. The van der Waals surface area contributed by atoms with Gasteiger partial charge < -0.3 is 5.32 Å². The third kappa shape index (κ3) is 2.40. The molecule has 1 atom stereocenters. The molecule has 0 radical (unpaired) electrons. The zero-order chi connectivity index (χ0) is 13.9. The minimum Gasteiger partial charge on any atom is -0.309 e. The predicted molar refractivity (Wildman–Crippen MR) is 84.1 cm³/mol. The lowest BCUT2D eigenvalue weighted by atomic mass is 9.97. The van der Waals surface area contributed by atoms with Crippen molar-refractivity contribution in [3.63, 3.8) is 0 Å². The van der Waals surface area contributed by atoms with Gasteiger partial charge in [0.1, 0.15) is 0 Å². The zero-order valence-electron chi connectivity index (χ0n) is 11.2. The van der Waals surface area contributed by atoms with Crippen molar-refractivity contribution in [1.29, 1.82) is 0 Å². The highest BCUT2D eigenvalue weighted by atomic mass is 35.5. The Balaban J connectivity index is 2.10. The molecule has 20 heavy (non-hydrogen) atoms. The van der Waals surface area contributed by atoms with Crippen LogP contribution in [0.15, 0.2) is 60.8 Å². The quantitative estimate of drug-likeness (QED) is 0.779. The lowest BCUT2D eigenvalue weighted by Gasteiger charge is -2.19. The van der Waals surface area contributed by atoms with Gasteiger partial charge >= 0.3 is 0 Å². The molecule has 3 aromatic rings. The normalized spacial score (nSPS) is 12.5. The lowest BCUT2D eigenvalue weighted by molar-refractivity contribution is 0.693. The first-order valence-corrected chi connectivity index (χ1v) is 6.94. The highest BCUT2D eigenvalue weighted by Crippen LogP contribution is 2.29. The zero-order valence-corrected chi connectivity index (χ0v) is 11.9. The van der Waals surface area contributed by atoms with E-state index >= 15 is 0 Å². The summed E-state index contributed by atoms with van der Waals surface area (Å²) in [5.41, 5.74) is 3.27. The van der Waals surface area contributed by atoms with E-state index in [0.29, 0.717) is 0 Å². The van der Waals surface area contributed by atoms with E-state index in [-0.39, 0.29) is 6.04 Å². The maximum atomic E-state index is 6.31. The van der Waals surface area contributed by atoms with Crippen molar-refractivity contribution in [2.45, 2.75) is 6.04 Å². The van der Waals surface area contributed by atoms with E-state index < -0.39 is 0 Å². The van der Waals surface area contributed by atoms with E-state index in [0.717, 1.165) is 21.5 Å². The standard InChI is InChI=1S/C17H15ClN2/c1-19-17(14-6-2-3-7-15(14)18)13-8-9-16-12(11-13)5-4-10-20-16/h2-11,17,19H,1H3. The molecular weight excluding hydrogens is 268 g/mol. The molecule has 1 N–H and O–H groups in total. The van der Waals surface area contributed by atoms with Crippen LogP contribution in [0.5, 0.6) is 0 Å². The summed E-state index contributed by atoms with van der Waals surface area (Å²) in [5, 5.41) is 5.25. The average Bonchev–Trinajstić information content (AvgIpc) is 2.50. The smallest absolute Gasteiger partial charge is 0.0702 e. The van der Waals surface area contributed by atoms with Crippen LogP contribution < -0.4 is 5.32 Å². The van der Waals surface area contributed by atoms with Crippen molar-refractivity contribution in [1.82, 2.24) is 10.3 Å². The van der Waals surface area contributed by atoms with E-state index in [1.165, 1.54) is 5.56 Å². The molecule has 100 valence electrons. The third-order valence-corrected chi connectivity index (χ3v) is 3.81. The summed E-state index contributed by atoms with van der Waals surface area (Å²) in [6.07, 6.45) is 1.81. The Morgan fingerprint density at radius 2 is 1.90 bits per heavy atom. The van der Waals surface area contributed by atoms with Crippen LogP contribution in [-0.4, -0.2) is 12.0 Å². The molecule has 2 nitrogen and oxygen atoms in total. The minimum atomic E-state index is 0.0771. The molecular formula is C17H15ClN2. The van der Waals surface area contributed by atoms with Crippen LogP contribution in [-0.2, 0) is 0 Å². The van der Waals surface area contributed by atoms with Gasteiger partial charge in [-0.3, -0.25) is 4.98 Å². The second kappa shape index (κ2) is 5.61. The second-order valence-electron chi connectivity index (χ2n) is 4.70. The Labute approximate surface area is 123 Å². The number of rotatable bonds is 3. The molecule has 0 amide bonds. The van der Waals surface area contributed by atoms with Gasteiger partial charge in [-0.2, -0.15) is 0 Å². The van der Waals surface area contributed by atoms with Gasteiger partial charge in [0.25, 0.3) is 0 Å². The van der Waals surface area contributed by atoms with Crippen molar-refractivity contribution in [2.75, 3.05) is 7.05 Å². The van der Waals surface area contributed by atoms with Crippen molar-refractivity contribution in [2.24, 2.45) is 0 Å². The van der Waals surface area contributed by atoms with Crippen LogP contribution >= 0.6 is 11.6 Å². The van der Waals surface area contributed by atoms with Crippen LogP contribution in [0.2, 0.25) is 5.02 Å². The van der Waals surface area contributed by atoms with Crippen molar-refractivity contribution >= 4 is 22.5 Å². The Bertz CT molecular complexity index is 740. The number of nitrogens with zero attached hydrogens (tertiary/aromatic N) is 1. The number of aromatic nitrogens is 1. The van der Waals surface area contributed by atoms with Gasteiger partial charge in [-0.15, -0.1) is 0 Å². The Kier molecular flexibility index (Phi) is 3.68. The minimum absolute atomic E-state index is 0.0771. The number of benzene rings is 2. The van der Waals surface area contributed by atoms with E-state index in [4.69, 9.17) is 11.6 Å². The molecule has 0 aliphatic heterocycles. The largest absolute Gasteiger partial charge is 0.309 e. The van der Waals surface area contributed by atoms with Gasteiger partial charge in [-0.05, 0) is 42.4 Å². The van der Waals surface area contributed by atoms with E-state index in [1.54, 1.807) is 0 Å². The summed E-state index contributed by atoms with van der Waals surface area (Å²) >= 11 is 6.31. The Morgan fingerprint density at radius 1 is 1.05 bits per heavy atom. The molecule has 3 heteroatoms. The highest BCUT2D eigenvalue weighted by molar-refractivity contribution is 6.31. The van der Waals surface area contributed by atoms with Gasteiger partial charge in [0.2, 0.25) is 0 Å². The van der Waals surface area contributed by atoms with Gasteiger partial charge in [0.15, 0.2) is 0 Å². The van der Waals surface area contributed by atoms with Crippen LogP contribution in [0, 0.1) is 0 Å². The Morgan fingerprint density at radius 3 is 2.70 bits per heavy atom. The van der Waals surface area contributed by atoms with Crippen LogP contribution in [0.3, 0.4) is 0 Å². The molecule has 0 saturated heterocycles. The summed E-state index contributed by atoms with van der Waals surface area (Å²) in [5.74, 6) is 0. The molecule has 0 aliphatic rings. The summed E-state index contributed by atoms with van der Waals surface area (Å²) in [4.78, 5) is 4.35. The van der Waals surface area contributed by atoms with Crippen molar-refractivity contribution < 1.29 is 0 Å². The second-order valence-corrected chi connectivity index (χ2v) is 5.11. The number of hydrogen-bond donors (Lipinski definition) is 1. The number of pyridine rings is 1. The molecule has 1 unspecified atom stereocenters. The molecule has 1 aromatic heterocycles. The molecule has 0 fully saturated rings. The number of fused-ring (bicyclic) bond motifs is 1. The van der Waals surface area contributed by atoms with Gasteiger partial charge in [-0.1, -0.05) is 41.9 Å². The van der Waals surface area contributed by atoms with Crippen molar-refractivity contribution in [3.05, 3.63) is 76.9 Å². The van der Waals surface area contributed by atoms with Gasteiger partial charge in [0, 0.05) is 16.6 Å². The van der Waals surface area contributed by atoms with E-state index in [1.807, 2.05) is 43.6 Å². The summed E-state index contributed by atoms with van der Waals surface area (Å²) in [6, 6.07) is 18.3. The molecule has 2 aromatic carbocycles. The molecule has 0 saturated carbocycles. The molecule has 1 heterocycles. The number of hydrogen-bond acceptors (Lipinski definition) is 2. The number of halogens is 1. The molecule has 3 rings (SSSR count). The predicted octanol–water partition coefficient (Wildman–Crippen LogP) is 4.20. The SMILES string of the molecule is CNC(c1ccc2ncccc2c1)c1ccccc1Cl. The average molecular weight is 283 g/mol. The van der Waals surface area contributed by atoms with Gasteiger partial charge in [0.05, 0.1) is 11.6 Å². The van der Waals surface area contributed by atoms with Crippen LogP contribution in [0.25, 0.3) is 10.9 Å². The van der Waals surface area contributed by atoms with Crippen LogP contribution in [0.1, 0.15) is 17.2 Å². The summed E-state index contributed by atoms with van der Waals surface area (Å²) < 4.78 is 0. The maximum Gasteiger partial charge on any atom is 0.0702 e. The first-order chi connectivity index (χ1) is 9.79. The first-order valence-electron chi connectivity index (χ1n) is 6.56.